The lowest BCUT2D eigenvalue weighted by molar-refractivity contribution is -0.673. The lowest BCUT2D eigenvalue weighted by Crippen LogP contribution is -2.32. The Morgan fingerprint density at radius 1 is 1.05 bits per heavy atom. The Kier molecular flexibility index (Phi) is 2.66. The molecule has 0 fully saturated rings. The molecule has 0 spiro atoms. The number of fused-ring (bicyclic) bond motifs is 1. The zero-order valence-corrected chi connectivity index (χ0v) is 10.5. The second-order valence-electron chi connectivity index (χ2n) is 4.35. The van der Waals surface area contributed by atoms with Gasteiger partial charge in [0.05, 0.1) is 11.4 Å². The summed E-state index contributed by atoms with van der Waals surface area (Å²) in [6, 6.07) is 16.0. The van der Waals surface area contributed by atoms with Crippen LogP contribution in [0.25, 0.3) is 5.57 Å². The van der Waals surface area contributed by atoms with Gasteiger partial charge in [-0.05, 0) is 18.2 Å². The highest BCUT2D eigenvalue weighted by Gasteiger charge is 2.22. The second kappa shape index (κ2) is 4.46. The topological polar surface area (TPSA) is 51.7 Å². The van der Waals surface area contributed by atoms with Crippen LogP contribution in [-0.2, 0) is 7.05 Å². The summed E-state index contributed by atoms with van der Waals surface area (Å²) >= 11 is 0. The van der Waals surface area contributed by atoms with Gasteiger partial charge in [0, 0.05) is 12.1 Å². The summed E-state index contributed by atoms with van der Waals surface area (Å²) in [7, 11) is 1.93. The maximum Gasteiger partial charge on any atom is 0.226 e. The minimum absolute atomic E-state index is 0.597. The molecule has 0 saturated heterocycles. The van der Waals surface area contributed by atoms with Crippen LogP contribution in [0.3, 0.4) is 0 Å². The molecule has 0 saturated carbocycles. The molecule has 0 aliphatic carbocycles. The fourth-order valence-corrected chi connectivity index (χ4v) is 2.15. The highest BCUT2D eigenvalue weighted by atomic mass is 15.2. The van der Waals surface area contributed by atoms with Crippen LogP contribution < -0.4 is 15.2 Å². The maximum absolute atomic E-state index is 9.44. The molecule has 1 aromatic carbocycles. The Morgan fingerprint density at radius 2 is 1.68 bits per heavy atom. The Labute approximate surface area is 111 Å². The van der Waals surface area contributed by atoms with Crippen molar-refractivity contribution in [2.45, 2.75) is 0 Å². The van der Waals surface area contributed by atoms with Crippen molar-refractivity contribution in [3.05, 3.63) is 60.2 Å². The third kappa shape index (κ3) is 1.91. The number of nitrogens with zero attached hydrogens (tertiary/aromatic N) is 2. The van der Waals surface area contributed by atoms with Gasteiger partial charge in [0.25, 0.3) is 0 Å². The minimum atomic E-state index is 0.597. The van der Waals surface area contributed by atoms with Crippen molar-refractivity contribution in [1.29, 1.82) is 5.26 Å². The fraction of sp³-hybridized carbons (Fsp3) is 0.0667. The van der Waals surface area contributed by atoms with Crippen molar-refractivity contribution in [3.63, 3.8) is 0 Å². The fourth-order valence-electron chi connectivity index (χ4n) is 2.15. The van der Waals surface area contributed by atoms with Crippen LogP contribution in [0.1, 0.15) is 5.69 Å². The van der Waals surface area contributed by atoms with Gasteiger partial charge in [-0.15, -0.1) is 0 Å². The lowest BCUT2D eigenvalue weighted by atomic mass is 10.2. The van der Waals surface area contributed by atoms with Crippen molar-refractivity contribution in [3.8, 4) is 6.07 Å². The van der Waals surface area contributed by atoms with E-state index >= 15 is 0 Å². The molecule has 4 nitrogen and oxygen atoms in total. The standard InChI is InChI=1S/C15H12N4/c1-19-9-5-4-8-14(19)11(10-16)15-17-12-6-2-3-7-13(12)18-15/h2-9H,1H3,(H,17,18)/p+1. The number of pyridine rings is 1. The number of para-hydroxylation sites is 2. The molecule has 0 bridgehead atoms. The zero-order chi connectivity index (χ0) is 13.2. The first-order valence-electron chi connectivity index (χ1n) is 6.02. The summed E-state index contributed by atoms with van der Waals surface area (Å²) in [5.74, 6) is 0.727. The number of benzene rings is 1. The molecular weight excluding hydrogens is 236 g/mol. The first kappa shape index (κ1) is 11.3. The van der Waals surface area contributed by atoms with Gasteiger partial charge in [0.15, 0.2) is 11.8 Å². The van der Waals surface area contributed by atoms with E-state index in [1.54, 1.807) is 0 Å². The number of anilines is 2. The number of allylic oxidation sites excluding steroid dienone is 1. The van der Waals surface area contributed by atoms with E-state index < -0.39 is 0 Å². The molecule has 4 heteroatoms. The Morgan fingerprint density at radius 3 is 2.26 bits per heavy atom. The van der Waals surface area contributed by atoms with Gasteiger partial charge >= 0.3 is 0 Å². The van der Waals surface area contributed by atoms with Gasteiger partial charge < -0.3 is 10.6 Å². The van der Waals surface area contributed by atoms with Crippen LogP contribution in [0.15, 0.2) is 54.5 Å². The number of nitrogens with one attached hydrogen (secondary N) is 2. The Bertz CT molecular complexity index is 683. The number of rotatable bonds is 1. The first-order valence-corrected chi connectivity index (χ1v) is 6.02. The van der Waals surface area contributed by atoms with Crippen LogP contribution in [0.5, 0.6) is 0 Å². The van der Waals surface area contributed by atoms with Gasteiger partial charge in [0.1, 0.15) is 18.9 Å². The van der Waals surface area contributed by atoms with Gasteiger partial charge in [-0.1, -0.05) is 12.1 Å². The van der Waals surface area contributed by atoms with Gasteiger partial charge in [-0.3, -0.25) is 0 Å². The highest BCUT2D eigenvalue weighted by molar-refractivity contribution is 5.88. The van der Waals surface area contributed by atoms with Crippen molar-refractivity contribution in [1.82, 2.24) is 0 Å². The monoisotopic (exact) mass is 249 g/mol. The van der Waals surface area contributed by atoms with Crippen LogP contribution in [0, 0.1) is 11.3 Å². The summed E-state index contributed by atoms with van der Waals surface area (Å²) in [6.45, 7) is 0. The predicted octanol–water partition coefficient (Wildman–Crippen LogP) is 2.24. The molecule has 92 valence electrons. The van der Waals surface area contributed by atoms with E-state index in [4.69, 9.17) is 0 Å². The number of hydrogen-bond donors (Lipinski definition) is 2. The van der Waals surface area contributed by atoms with Gasteiger partial charge in [-0.2, -0.15) is 5.26 Å². The van der Waals surface area contributed by atoms with Crippen LogP contribution in [0.2, 0.25) is 0 Å². The van der Waals surface area contributed by atoms with Gasteiger partial charge in [0.2, 0.25) is 5.69 Å². The molecule has 1 aromatic heterocycles. The largest absolute Gasteiger partial charge is 0.339 e. The molecule has 2 heterocycles. The van der Waals surface area contributed by atoms with E-state index in [1.165, 1.54) is 0 Å². The average Bonchev–Trinajstić information content (AvgIpc) is 2.85. The smallest absolute Gasteiger partial charge is 0.226 e. The summed E-state index contributed by atoms with van der Waals surface area (Å²) in [5.41, 5.74) is 3.44. The third-order valence-corrected chi connectivity index (χ3v) is 3.12. The van der Waals surface area contributed by atoms with E-state index in [0.717, 1.165) is 22.9 Å². The van der Waals surface area contributed by atoms with E-state index in [-0.39, 0.29) is 0 Å². The van der Waals surface area contributed by atoms with E-state index in [9.17, 15) is 5.26 Å². The molecule has 2 aromatic rings. The Hall–Kier alpha value is -2.80. The second-order valence-corrected chi connectivity index (χ2v) is 4.35. The lowest BCUT2D eigenvalue weighted by Gasteiger charge is -2.03. The SMILES string of the molecule is C[n+]1ccccc1C(C#N)=C1Nc2ccccc2N1. The molecular formula is C15H13N4+. The van der Waals surface area contributed by atoms with Crippen molar-refractivity contribution >= 4 is 16.9 Å². The number of hydrogen-bond acceptors (Lipinski definition) is 3. The van der Waals surface area contributed by atoms with Crippen LogP contribution in [0.4, 0.5) is 11.4 Å². The molecule has 19 heavy (non-hydrogen) atoms. The molecule has 3 rings (SSSR count). The van der Waals surface area contributed by atoms with Crippen LogP contribution >= 0.6 is 0 Å². The molecule has 0 atom stereocenters. The van der Waals surface area contributed by atoms with E-state index in [2.05, 4.69) is 16.7 Å². The van der Waals surface area contributed by atoms with E-state index in [0.29, 0.717) is 5.57 Å². The van der Waals surface area contributed by atoms with Crippen molar-refractivity contribution in [2.75, 3.05) is 10.6 Å². The van der Waals surface area contributed by atoms with Crippen molar-refractivity contribution < 1.29 is 4.57 Å². The molecule has 0 unspecified atom stereocenters. The first-order chi connectivity index (χ1) is 9.29. The normalized spacial score (nSPS) is 12.1. The summed E-state index contributed by atoms with van der Waals surface area (Å²) in [4.78, 5) is 0. The predicted molar refractivity (Wildman–Crippen MR) is 73.8 cm³/mol. The highest BCUT2D eigenvalue weighted by Crippen LogP contribution is 2.32. The minimum Gasteiger partial charge on any atom is -0.339 e. The molecule has 1 aliphatic rings. The van der Waals surface area contributed by atoms with Gasteiger partial charge in [-0.25, -0.2) is 4.57 Å². The average molecular weight is 249 g/mol. The van der Waals surface area contributed by atoms with E-state index in [1.807, 2.05) is 60.3 Å². The maximum atomic E-state index is 9.44. The number of nitriles is 1. The quantitative estimate of drug-likeness (QED) is 0.602. The van der Waals surface area contributed by atoms with Crippen molar-refractivity contribution in [2.24, 2.45) is 7.05 Å². The summed E-state index contributed by atoms with van der Waals surface area (Å²) in [5, 5.41) is 15.9. The number of aryl methyl sites for hydroxylation is 1. The molecule has 1 aliphatic heterocycles. The summed E-state index contributed by atoms with van der Waals surface area (Å²) in [6.07, 6.45) is 1.93. The number of aromatic nitrogens is 1. The Balaban J connectivity index is 2.09. The summed E-state index contributed by atoms with van der Waals surface area (Å²) < 4.78 is 1.93. The third-order valence-electron chi connectivity index (χ3n) is 3.12. The molecule has 0 amide bonds. The molecule has 2 N–H and O–H groups in total. The molecule has 0 radical (unpaired) electrons. The zero-order valence-electron chi connectivity index (χ0n) is 10.5. The van der Waals surface area contributed by atoms with Crippen LogP contribution in [-0.4, -0.2) is 0 Å².